The molecule has 0 heterocycles. The first-order chi connectivity index (χ1) is 7.22. The standard InChI is InChI=1S/C12H22N2O/c1-3-10(2)14-12(15)13-9-11-7-5-4-6-8-11/h4-5,10-11H,3,6-9H2,1-2H3,(H2,13,14,15). The molecule has 15 heavy (non-hydrogen) atoms. The van der Waals surface area contributed by atoms with Crippen LogP contribution < -0.4 is 10.6 Å². The number of amides is 2. The van der Waals surface area contributed by atoms with E-state index in [9.17, 15) is 4.79 Å². The summed E-state index contributed by atoms with van der Waals surface area (Å²) < 4.78 is 0. The van der Waals surface area contributed by atoms with E-state index in [1.54, 1.807) is 0 Å². The number of nitrogens with one attached hydrogen (secondary N) is 2. The Kier molecular flexibility index (Phi) is 5.22. The number of carbonyl (C=O) groups is 1. The van der Waals surface area contributed by atoms with Crippen LogP contribution in [0.3, 0.4) is 0 Å². The van der Waals surface area contributed by atoms with E-state index in [1.165, 1.54) is 6.42 Å². The highest BCUT2D eigenvalue weighted by Gasteiger charge is 2.11. The quantitative estimate of drug-likeness (QED) is 0.687. The molecule has 0 aromatic carbocycles. The molecule has 2 atom stereocenters. The van der Waals surface area contributed by atoms with Gasteiger partial charge in [0.05, 0.1) is 0 Å². The van der Waals surface area contributed by atoms with Crippen LogP contribution in [0, 0.1) is 5.92 Å². The van der Waals surface area contributed by atoms with Crippen LogP contribution in [0.2, 0.25) is 0 Å². The van der Waals surface area contributed by atoms with Crippen molar-refractivity contribution in [2.75, 3.05) is 6.54 Å². The molecule has 3 heteroatoms. The minimum atomic E-state index is -0.0288. The van der Waals surface area contributed by atoms with Crippen LogP contribution in [0.25, 0.3) is 0 Å². The molecule has 3 nitrogen and oxygen atoms in total. The van der Waals surface area contributed by atoms with E-state index in [-0.39, 0.29) is 12.1 Å². The third-order valence-electron chi connectivity index (χ3n) is 2.92. The maximum Gasteiger partial charge on any atom is 0.315 e. The van der Waals surface area contributed by atoms with Crippen molar-refractivity contribution in [1.82, 2.24) is 10.6 Å². The summed E-state index contributed by atoms with van der Waals surface area (Å²) in [6.45, 7) is 4.88. The molecular formula is C12H22N2O. The molecule has 2 N–H and O–H groups in total. The molecule has 1 aliphatic rings. The van der Waals surface area contributed by atoms with Gasteiger partial charge in [0.25, 0.3) is 0 Å². The van der Waals surface area contributed by atoms with Gasteiger partial charge in [-0.3, -0.25) is 0 Å². The van der Waals surface area contributed by atoms with Gasteiger partial charge in [0, 0.05) is 12.6 Å². The van der Waals surface area contributed by atoms with E-state index in [2.05, 4.69) is 29.7 Å². The van der Waals surface area contributed by atoms with Gasteiger partial charge in [0.15, 0.2) is 0 Å². The van der Waals surface area contributed by atoms with Crippen LogP contribution in [0.15, 0.2) is 12.2 Å². The zero-order valence-corrected chi connectivity index (χ0v) is 9.75. The molecule has 0 spiro atoms. The van der Waals surface area contributed by atoms with E-state index in [4.69, 9.17) is 0 Å². The minimum absolute atomic E-state index is 0.0288. The van der Waals surface area contributed by atoms with Gasteiger partial charge in [-0.2, -0.15) is 0 Å². The van der Waals surface area contributed by atoms with Crippen LogP contribution >= 0.6 is 0 Å². The fourth-order valence-corrected chi connectivity index (χ4v) is 1.66. The van der Waals surface area contributed by atoms with E-state index in [0.717, 1.165) is 25.8 Å². The number of carbonyl (C=O) groups excluding carboxylic acids is 1. The van der Waals surface area contributed by atoms with Crippen molar-refractivity contribution in [3.8, 4) is 0 Å². The second kappa shape index (κ2) is 6.49. The first-order valence-electron chi connectivity index (χ1n) is 5.91. The fraction of sp³-hybridized carbons (Fsp3) is 0.750. The number of urea groups is 1. The van der Waals surface area contributed by atoms with Crippen molar-refractivity contribution >= 4 is 6.03 Å². The van der Waals surface area contributed by atoms with Gasteiger partial charge in [-0.15, -0.1) is 0 Å². The van der Waals surface area contributed by atoms with Crippen LogP contribution in [-0.4, -0.2) is 18.6 Å². The zero-order chi connectivity index (χ0) is 11.1. The van der Waals surface area contributed by atoms with Gasteiger partial charge >= 0.3 is 6.03 Å². The van der Waals surface area contributed by atoms with Crippen LogP contribution in [0.1, 0.15) is 39.5 Å². The summed E-state index contributed by atoms with van der Waals surface area (Å²) in [5.41, 5.74) is 0. The summed E-state index contributed by atoms with van der Waals surface area (Å²) in [5, 5.41) is 5.83. The first-order valence-corrected chi connectivity index (χ1v) is 5.91. The third-order valence-corrected chi connectivity index (χ3v) is 2.92. The summed E-state index contributed by atoms with van der Waals surface area (Å²) in [4.78, 5) is 11.4. The molecule has 1 aliphatic carbocycles. The molecule has 0 aromatic rings. The van der Waals surface area contributed by atoms with E-state index < -0.39 is 0 Å². The van der Waals surface area contributed by atoms with Crippen molar-refractivity contribution in [3.05, 3.63) is 12.2 Å². The molecular weight excluding hydrogens is 188 g/mol. The van der Waals surface area contributed by atoms with Crippen LogP contribution in [0.5, 0.6) is 0 Å². The van der Waals surface area contributed by atoms with Crippen LogP contribution in [-0.2, 0) is 0 Å². The average molecular weight is 210 g/mol. The number of hydrogen-bond donors (Lipinski definition) is 2. The van der Waals surface area contributed by atoms with Crippen LogP contribution in [0.4, 0.5) is 4.79 Å². The van der Waals surface area contributed by atoms with Gasteiger partial charge < -0.3 is 10.6 Å². The normalized spacial score (nSPS) is 22.1. The number of hydrogen-bond acceptors (Lipinski definition) is 1. The van der Waals surface area contributed by atoms with E-state index in [0.29, 0.717) is 5.92 Å². The Hall–Kier alpha value is -0.990. The van der Waals surface area contributed by atoms with Gasteiger partial charge in [-0.1, -0.05) is 19.1 Å². The molecule has 0 saturated heterocycles. The molecule has 0 radical (unpaired) electrons. The van der Waals surface area contributed by atoms with E-state index in [1.807, 2.05) is 6.92 Å². The smallest absolute Gasteiger partial charge is 0.315 e. The lowest BCUT2D eigenvalue weighted by atomic mass is 9.94. The van der Waals surface area contributed by atoms with Gasteiger partial charge in [0.1, 0.15) is 0 Å². The molecule has 2 unspecified atom stereocenters. The summed E-state index contributed by atoms with van der Waals surface area (Å²) in [5.74, 6) is 0.623. The molecule has 0 aromatic heterocycles. The lowest BCUT2D eigenvalue weighted by Gasteiger charge is -2.19. The van der Waals surface area contributed by atoms with Gasteiger partial charge in [-0.05, 0) is 38.5 Å². The Morgan fingerprint density at radius 3 is 2.93 bits per heavy atom. The lowest BCUT2D eigenvalue weighted by Crippen LogP contribution is -2.42. The largest absolute Gasteiger partial charge is 0.338 e. The average Bonchev–Trinajstić information content (AvgIpc) is 2.27. The predicted octanol–water partition coefficient (Wildman–Crippen LogP) is 2.44. The van der Waals surface area contributed by atoms with Gasteiger partial charge in [0.2, 0.25) is 0 Å². The van der Waals surface area contributed by atoms with Crippen molar-refractivity contribution in [2.24, 2.45) is 5.92 Å². The topological polar surface area (TPSA) is 41.1 Å². The molecule has 0 saturated carbocycles. The second-order valence-corrected chi connectivity index (χ2v) is 4.31. The first kappa shape index (κ1) is 12.1. The third kappa shape index (κ3) is 4.86. The van der Waals surface area contributed by atoms with Crippen molar-refractivity contribution in [1.29, 1.82) is 0 Å². The van der Waals surface area contributed by atoms with Gasteiger partial charge in [-0.25, -0.2) is 4.79 Å². The maximum absolute atomic E-state index is 11.4. The fourth-order valence-electron chi connectivity index (χ4n) is 1.66. The summed E-state index contributed by atoms with van der Waals surface area (Å²) >= 11 is 0. The second-order valence-electron chi connectivity index (χ2n) is 4.31. The number of rotatable bonds is 4. The summed E-state index contributed by atoms with van der Waals surface area (Å²) in [6.07, 6.45) is 8.85. The zero-order valence-electron chi connectivity index (χ0n) is 9.75. The summed E-state index contributed by atoms with van der Waals surface area (Å²) in [6, 6.07) is 0.232. The molecule has 1 rings (SSSR count). The Morgan fingerprint density at radius 1 is 1.53 bits per heavy atom. The SMILES string of the molecule is CCC(C)NC(=O)NCC1CC=CCC1. The highest BCUT2D eigenvalue weighted by atomic mass is 16.2. The lowest BCUT2D eigenvalue weighted by molar-refractivity contribution is 0.235. The monoisotopic (exact) mass is 210 g/mol. The predicted molar refractivity (Wildman–Crippen MR) is 62.8 cm³/mol. The Balaban J connectivity index is 2.13. The maximum atomic E-state index is 11.4. The molecule has 2 amide bonds. The molecule has 86 valence electrons. The molecule has 0 fully saturated rings. The Bertz CT molecular complexity index is 226. The van der Waals surface area contributed by atoms with E-state index >= 15 is 0 Å². The van der Waals surface area contributed by atoms with Crippen molar-refractivity contribution < 1.29 is 4.79 Å². The minimum Gasteiger partial charge on any atom is -0.338 e. The molecule has 0 aliphatic heterocycles. The highest BCUT2D eigenvalue weighted by Crippen LogP contribution is 2.16. The van der Waals surface area contributed by atoms with Crippen molar-refractivity contribution in [2.45, 2.75) is 45.6 Å². The van der Waals surface area contributed by atoms with Crippen molar-refractivity contribution in [3.63, 3.8) is 0 Å². The Labute approximate surface area is 92.3 Å². The molecule has 0 bridgehead atoms. The summed E-state index contributed by atoms with van der Waals surface area (Å²) in [7, 11) is 0. The number of allylic oxidation sites excluding steroid dienone is 2. The Morgan fingerprint density at radius 2 is 2.33 bits per heavy atom. The highest BCUT2D eigenvalue weighted by molar-refractivity contribution is 5.74.